The third kappa shape index (κ3) is 6.22. The Balaban J connectivity index is 2.06. The quantitative estimate of drug-likeness (QED) is 0.435. The van der Waals surface area contributed by atoms with Gasteiger partial charge in [-0.25, -0.2) is 9.59 Å². The van der Waals surface area contributed by atoms with E-state index in [1.165, 1.54) is 20.3 Å². The van der Waals surface area contributed by atoms with Crippen molar-refractivity contribution < 1.29 is 19.1 Å². The molecule has 0 unspecified atom stereocenters. The Labute approximate surface area is 170 Å². The van der Waals surface area contributed by atoms with Crippen molar-refractivity contribution in [3.05, 3.63) is 70.8 Å². The Bertz CT molecular complexity index is 936. The number of benzene rings is 2. The first-order chi connectivity index (χ1) is 13.8. The second-order valence-electron chi connectivity index (χ2n) is 7.16. The highest BCUT2D eigenvalue weighted by atomic mass is 16.5. The minimum atomic E-state index is -0.658. The van der Waals surface area contributed by atoms with Gasteiger partial charge in [-0.05, 0) is 61.7 Å². The van der Waals surface area contributed by atoms with Crippen LogP contribution >= 0.6 is 0 Å². The molecule has 0 heterocycles. The van der Waals surface area contributed by atoms with Gasteiger partial charge in [0.15, 0.2) is 0 Å². The number of carbonyl (C=O) groups is 2. The lowest BCUT2D eigenvalue weighted by Gasteiger charge is -2.28. The molecule has 0 aliphatic carbocycles. The van der Waals surface area contributed by atoms with Crippen LogP contribution in [0.5, 0.6) is 0 Å². The fourth-order valence-electron chi connectivity index (χ4n) is 2.90. The summed E-state index contributed by atoms with van der Waals surface area (Å²) in [7, 11) is 2.60. The van der Waals surface area contributed by atoms with Crippen LogP contribution in [0.1, 0.15) is 35.3 Å². The summed E-state index contributed by atoms with van der Waals surface area (Å²) < 4.78 is 9.30. The highest BCUT2D eigenvalue weighted by molar-refractivity contribution is 5.97. The van der Waals surface area contributed by atoms with Gasteiger partial charge >= 0.3 is 11.9 Å². The number of carbonyl (C=O) groups excluding carboxylic acids is 2. The van der Waals surface area contributed by atoms with Crippen LogP contribution in [0.25, 0.3) is 6.08 Å². The van der Waals surface area contributed by atoms with Crippen LogP contribution in [0.3, 0.4) is 0 Å². The van der Waals surface area contributed by atoms with E-state index in [9.17, 15) is 9.59 Å². The summed E-state index contributed by atoms with van der Waals surface area (Å²) in [4.78, 5) is 23.0. The standard InChI is InChI=1S/C23H24N2O4/c1-23(2,14-17-5-9-18(10-6-17)21(26)28-3)25-20-11-7-16(8-12-20)13-19(15-24)22(27)29-4/h5-13,25H,14H2,1-4H3. The van der Waals surface area contributed by atoms with Gasteiger partial charge in [0.05, 0.1) is 19.8 Å². The Morgan fingerprint density at radius 3 is 2.17 bits per heavy atom. The van der Waals surface area contributed by atoms with Crippen LogP contribution in [-0.2, 0) is 20.7 Å². The summed E-state index contributed by atoms with van der Waals surface area (Å²) in [6, 6.07) is 16.6. The van der Waals surface area contributed by atoms with E-state index in [1.807, 2.05) is 42.5 Å². The number of nitrogens with one attached hydrogen (secondary N) is 1. The van der Waals surface area contributed by atoms with Crippen molar-refractivity contribution >= 4 is 23.7 Å². The van der Waals surface area contributed by atoms with Crippen LogP contribution in [0.2, 0.25) is 0 Å². The lowest BCUT2D eigenvalue weighted by molar-refractivity contribution is -0.135. The number of hydrogen-bond acceptors (Lipinski definition) is 6. The largest absolute Gasteiger partial charge is 0.465 e. The fourth-order valence-corrected chi connectivity index (χ4v) is 2.90. The lowest BCUT2D eigenvalue weighted by atomic mass is 9.94. The zero-order valence-corrected chi connectivity index (χ0v) is 17.0. The summed E-state index contributed by atoms with van der Waals surface area (Å²) >= 11 is 0. The smallest absolute Gasteiger partial charge is 0.348 e. The maximum absolute atomic E-state index is 11.5. The molecule has 0 saturated heterocycles. The van der Waals surface area contributed by atoms with E-state index in [4.69, 9.17) is 10.00 Å². The van der Waals surface area contributed by atoms with E-state index in [1.54, 1.807) is 12.1 Å². The summed E-state index contributed by atoms with van der Waals surface area (Å²) in [5.74, 6) is -1.01. The molecule has 6 heteroatoms. The summed E-state index contributed by atoms with van der Waals surface area (Å²) in [5.41, 5.74) is 2.96. The van der Waals surface area contributed by atoms with Gasteiger partial charge < -0.3 is 14.8 Å². The average molecular weight is 392 g/mol. The van der Waals surface area contributed by atoms with Crippen molar-refractivity contribution in [3.63, 3.8) is 0 Å². The monoisotopic (exact) mass is 392 g/mol. The number of ether oxygens (including phenoxy) is 2. The van der Waals surface area contributed by atoms with Crippen LogP contribution < -0.4 is 5.32 Å². The predicted octanol–water partition coefficient (Wildman–Crippen LogP) is 3.99. The SMILES string of the molecule is COC(=O)C(C#N)=Cc1ccc(NC(C)(C)Cc2ccc(C(=O)OC)cc2)cc1. The Kier molecular flexibility index (Phi) is 7.15. The van der Waals surface area contributed by atoms with Crippen LogP contribution in [0.4, 0.5) is 5.69 Å². The molecule has 2 aromatic rings. The summed E-state index contributed by atoms with van der Waals surface area (Å²) in [5, 5.41) is 12.5. The molecular weight excluding hydrogens is 368 g/mol. The Morgan fingerprint density at radius 2 is 1.66 bits per heavy atom. The van der Waals surface area contributed by atoms with E-state index in [0.29, 0.717) is 5.56 Å². The molecule has 29 heavy (non-hydrogen) atoms. The van der Waals surface area contributed by atoms with Gasteiger partial charge in [0.1, 0.15) is 11.6 Å². The molecule has 0 spiro atoms. The van der Waals surface area contributed by atoms with Crippen molar-refractivity contribution in [2.75, 3.05) is 19.5 Å². The van der Waals surface area contributed by atoms with Gasteiger partial charge in [-0.2, -0.15) is 5.26 Å². The topological polar surface area (TPSA) is 88.4 Å². The molecule has 6 nitrogen and oxygen atoms in total. The van der Waals surface area contributed by atoms with Crippen molar-refractivity contribution in [2.24, 2.45) is 0 Å². The van der Waals surface area contributed by atoms with Crippen molar-refractivity contribution in [1.29, 1.82) is 5.26 Å². The number of esters is 2. The fraction of sp³-hybridized carbons (Fsp3) is 0.261. The third-order valence-corrected chi connectivity index (χ3v) is 4.25. The van der Waals surface area contributed by atoms with Crippen molar-refractivity contribution in [2.45, 2.75) is 25.8 Å². The minimum absolute atomic E-state index is 0.0519. The van der Waals surface area contributed by atoms with Gasteiger partial charge in [0.2, 0.25) is 0 Å². The molecule has 1 N–H and O–H groups in total. The van der Waals surface area contributed by atoms with Gasteiger partial charge in [0, 0.05) is 11.2 Å². The molecule has 2 rings (SSSR count). The molecule has 2 aromatic carbocycles. The van der Waals surface area contributed by atoms with E-state index in [-0.39, 0.29) is 17.1 Å². The molecule has 0 atom stereocenters. The number of anilines is 1. The van der Waals surface area contributed by atoms with E-state index < -0.39 is 5.97 Å². The van der Waals surface area contributed by atoms with E-state index in [0.717, 1.165) is 23.2 Å². The second kappa shape index (κ2) is 9.56. The molecule has 0 bridgehead atoms. The summed E-state index contributed by atoms with van der Waals surface area (Å²) in [6.07, 6.45) is 2.24. The molecular formula is C23H24N2O4. The molecule has 150 valence electrons. The van der Waals surface area contributed by atoms with Crippen molar-refractivity contribution in [1.82, 2.24) is 0 Å². The molecule has 0 fully saturated rings. The van der Waals surface area contributed by atoms with Gasteiger partial charge in [-0.15, -0.1) is 0 Å². The van der Waals surface area contributed by atoms with Crippen LogP contribution in [0, 0.1) is 11.3 Å². The number of hydrogen-bond donors (Lipinski definition) is 1. The second-order valence-corrected chi connectivity index (χ2v) is 7.16. The molecule has 0 aliphatic heterocycles. The van der Waals surface area contributed by atoms with Gasteiger partial charge in [0.25, 0.3) is 0 Å². The highest BCUT2D eigenvalue weighted by Gasteiger charge is 2.18. The Hall–Kier alpha value is -3.59. The number of rotatable bonds is 7. The number of methoxy groups -OCH3 is 2. The van der Waals surface area contributed by atoms with Crippen molar-refractivity contribution in [3.8, 4) is 6.07 Å². The van der Waals surface area contributed by atoms with Crippen LogP contribution in [0.15, 0.2) is 54.1 Å². The predicted molar refractivity (Wildman–Crippen MR) is 111 cm³/mol. The summed E-state index contributed by atoms with van der Waals surface area (Å²) in [6.45, 7) is 4.17. The normalized spacial score (nSPS) is 11.3. The number of nitriles is 1. The zero-order chi connectivity index (χ0) is 21.4. The highest BCUT2D eigenvalue weighted by Crippen LogP contribution is 2.21. The average Bonchev–Trinajstić information content (AvgIpc) is 2.72. The molecule has 0 saturated carbocycles. The van der Waals surface area contributed by atoms with E-state index in [2.05, 4.69) is 23.9 Å². The number of nitrogens with zero attached hydrogens (tertiary/aromatic N) is 1. The zero-order valence-electron chi connectivity index (χ0n) is 17.0. The van der Waals surface area contributed by atoms with Gasteiger partial charge in [-0.1, -0.05) is 24.3 Å². The first kappa shape index (κ1) is 21.7. The molecule has 0 aromatic heterocycles. The maximum atomic E-state index is 11.5. The molecule has 0 amide bonds. The molecule has 0 radical (unpaired) electrons. The van der Waals surface area contributed by atoms with Crippen LogP contribution in [-0.4, -0.2) is 31.7 Å². The minimum Gasteiger partial charge on any atom is -0.465 e. The molecule has 0 aliphatic rings. The Morgan fingerprint density at radius 1 is 1.03 bits per heavy atom. The third-order valence-electron chi connectivity index (χ3n) is 4.25. The first-order valence-electron chi connectivity index (χ1n) is 9.03. The van der Waals surface area contributed by atoms with E-state index >= 15 is 0 Å². The maximum Gasteiger partial charge on any atom is 0.348 e. The lowest BCUT2D eigenvalue weighted by Crippen LogP contribution is -2.33. The first-order valence-corrected chi connectivity index (χ1v) is 9.03. The van der Waals surface area contributed by atoms with Gasteiger partial charge in [-0.3, -0.25) is 0 Å².